The number of carbonyl (C=O) groups is 2. The maximum absolute atomic E-state index is 13.5. The van der Waals surface area contributed by atoms with Gasteiger partial charge in [0.25, 0.3) is 0 Å². The standard InChI is InChI=1S/C14H19FN2O4/c1-17(9-13(18)16-5-6-21-2)8-10-3-4-11(14(19)20)12(15)7-10/h3-4,7H,5-6,8-9H2,1-2H3,(H,16,18)(H,19,20). The van der Waals surface area contributed by atoms with Crippen LogP contribution in [0.1, 0.15) is 15.9 Å². The minimum atomic E-state index is -1.30. The molecule has 7 heteroatoms. The fourth-order valence-corrected chi connectivity index (χ4v) is 1.79. The molecule has 1 aromatic rings. The molecule has 0 saturated heterocycles. The molecule has 0 aliphatic rings. The van der Waals surface area contributed by atoms with Gasteiger partial charge in [0.2, 0.25) is 5.91 Å². The number of carboxylic acid groups (broad SMARTS) is 1. The quantitative estimate of drug-likeness (QED) is 0.691. The first-order valence-electron chi connectivity index (χ1n) is 6.40. The fraction of sp³-hybridized carbons (Fsp3) is 0.429. The van der Waals surface area contributed by atoms with Gasteiger partial charge in [-0.05, 0) is 24.7 Å². The van der Waals surface area contributed by atoms with E-state index in [9.17, 15) is 14.0 Å². The number of halogens is 1. The van der Waals surface area contributed by atoms with Crippen molar-refractivity contribution in [3.8, 4) is 0 Å². The Balaban J connectivity index is 2.51. The number of hydrogen-bond acceptors (Lipinski definition) is 4. The zero-order valence-electron chi connectivity index (χ0n) is 12.1. The first-order valence-corrected chi connectivity index (χ1v) is 6.40. The van der Waals surface area contributed by atoms with Crippen molar-refractivity contribution < 1.29 is 23.8 Å². The Labute approximate surface area is 122 Å². The number of carboxylic acids is 1. The van der Waals surface area contributed by atoms with Gasteiger partial charge < -0.3 is 15.2 Å². The Bertz CT molecular complexity index is 508. The number of benzene rings is 1. The fourth-order valence-electron chi connectivity index (χ4n) is 1.79. The number of methoxy groups -OCH3 is 1. The number of ether oxygens (including phenoxy) is 1. The molecule has 6 nitrogen and oxygen atoms in total. The Morgan fingerprint density at radius 2 is 2.14 bits per heavy atom. The van der Waals surface area contributed by atoms with Crippen molar-refractivity contribution in [2.75, 3.05) is 33.9 Å². The molecule has 0 unspecified atom stereocenters. The average Bonchev–Trinajstić information content (AvgIpc) is 2.38. The summed E-state index contributed by atoms with van der Waals surface area (Å²) in [6.07, 6.45) is 0. The number of nitrogens with one attached hydrogen (secondary N) is 1. The second-order valence-electron chi connectivity index (χ2n) is 4.63. The van der Waals surface area contributed by atoms with Crippen molar-refractivity contribution >= 4 is 11.9 Å². The van der Waals surface area contributed by atoms with Gasteiger partial charge in [0, 0.05) is 20.2 Å². The minimum Gasteiger partial charge on any atom is -0.478 e. The molecule has 0 aliphatic carbocycles. The van der Waals surface area contributed by atoms with Crippen molar-refractivity contribution in [1.29, 1.82) is 0 Å². The molecular weight excluding hydrogens is 279 g/mol. The first kappa shape index (κ1) is 17.1. The monoisotopic (exact) mass is 298 g/mol. The number of carbonyl (C=O) groups excluding carboxylic acids is 1. The third-order valence-electron chi connectivity index (χ3n) is 2.76. The van der Waals surface area contributed by atoms with Crippen LogP contribution in [0.15, 0.2) is 18.2 Å². The summed E-state index contributed by atoms with van der Waals surface area (Å²) < 4.78 is 18.3. The topological polar surface area (TPSA) is 78.9 Å². The predicted molar refractivity (Wildman–Crippen MR) is 74.6 cm³/mol. The summed E-state index contributed by atoms with van der Waals surface area (Å²) in [7, 11) is 3.27. The van der Waals surface area contributed by atoms with Crippen molar-refractivity contribution in [2.24, 2.45) is 0 Å². The number of amides is 1. The lowest BCUT2D eigenvalue weighted by Crippen LogP contribution is -2.36. The van der Waals surface area contributed by atoms with Gasteiger partial charge in [-0.3, -0.25) is 9.69 Å². The Hall–Kier alpha value is -1.99. The van der Waals surface area contributed by atoms with E-state index in [2.05, 4.69) is 5.32 Å². The van der Waals surface area contributed by atoms with Gasteiger partial charge in [-0.15, -0.1) is 0 Å². The lowest BCUT2D eigenvalue weighted by molar-refractivity contribution is -0.122. The van der Waals surface area contributed by atoms with Crippen LogP contribution >= 0.6 is 0 Å². The molecule has 0 fully saturated rings. The van der Waals surface area contributed by atoms with E-state index in [4.69, 9.17) is 9.84 Å². The molecular formula is C14H19FN2O4. The Morgan fingerprint density at radius 3 is 2.71 bits per heavy atom. The number of rotatable bonds is 8. The Kier molecular flexibility index (Phi) is 6.77. The zero-order valence-corrected chi connectivity index (χ0v) is 12.1. The number of likely N-dealkylation sites (N-methyl/N-ethyl adjacent to an activating group) is 1. The Morgan fingerprint density at radius 1 is 1.43 bits per heavy atom. The first-order chi connectivity index (χ1) is 9.93. The van der Waals surface area contributed by atoms with Gasteiger partial charge in [0.05, 0.1) is 18.7 Å². The van der Waals surface area contributed by atoms with Crippen LogP contribution in [0.25, 0.3) is 0 Å². The molecule has 1 aromatic carbocycles. The van der Waals surface area contributed by atoms with E-state index >= 15 is 0 Å². The van der Waals surface area contributed by atoms with Gasteiger partial charge in [0.1, 0.15) is 5.82 Å². The van der Waals surface area contributed by atoms with Gasteiger partial charge >= 0.3 is 5.97 Å². The van der Waals surface area contributed by atoms with E-state index in [0.717, 1.165) is 0 Å². The van der Waals surface area contributed by atoms with Gasteiger partial charge in [-0.25, -0.2) is 9.18 Å². The summed E-state index contributed by atoms with van der Waals surface area (Å²) in [5.41, 5.74) is 0.239. The third-order valence-corrected chi connectivity index (χ3v) is 2.76. The van der Waals surface area contributed by atoms with Crippen molar-refractivity contribution in [3.05, 3.63) is 35.1 Å². The molecule has 0 atom stereocenters. The van der Waals surface area contributed by atoms with Gasteiger partial charge in [-0.2, -0.15) is 0 Å². The lowest BCUT2D eigenvalue weighted by Gasteiger charge is -2.16. The van der Waals surface area contributed by atoms with Crippen LogP contribution in [0.2, 0.25) is 0 Å². The molecule has 2 N–H and O–H groups in total. The van der Waals surface area contributed by atoms with Crippen molar-refractivity contribution in [1.82, 2.24) is 10.2 Å². The van der Waals surface area contributed by atoms with Crippen molar-refractivity contribution in [3.63, 3.8) is 0 Å². The molecule has 1 amide bonds. The van der Waals surface area contributed by atoms with Gasteiger partial charge in [-0.1, -0.05) is 6.07 Å². The number of nitrogens with zero attached hydrogens (tertiary/aromatic N) is 1. The van der Waals surface area contributed by atoms with Crippen LogP contribution in [0.3, 0.4) is 0 Å². The third kappa shape index (κ3) is 5.88. The molecule has 0 aromatic heterocycles. The second-order valence-corrected chi connectivity index (χ2v) is 4.63. The summed E-state index contributed by atoms with van der Waals surface area (Å²) in [5, 5.41) is 11.4. The molecule has 21 heavy (non-hydrogen) atoms. The lowest BCUT2D eigenvalue weighted by atomic mass is 10.1. The van der Waals surface area contributed by atoms with E-state index in [0.29, 0.717) is 25.3 Å². The van der Waals surface area contributed by atoms with Crippen molar-refractivity contribution in [2.45, 2.75) is 6.54 Å². The van der Waals surface area contributed by atoms with Crippen LogP contribution < -0.4 is 5.32 Å². The molecule has 1 rings (SSSR count). The minimum absolute atomic E-state index is 0.155. The highest BCUT2D eigenvalue weighted by atomic mass is 19.1. The van der Waals surface area contributed by atoms with E-state index < -0.39 is 11.8 Å². The highest BCUT2D eigenvalue weighted by molar-refractivity contribution is 5.87. The largest absolute Gasteiger partial charge is 0.478 e. The van der Waals surface area contributed by atoms with E-state index in [1.165, 1.54) is 18.2 Å². The number of aromatic carboxylic acids is 1. The van der Waals surface area contributed by atoms with Crippen LogP contribution in [0.5, 0.6) is 0 Å². The van der Waals surface area contributed by atoms with Crippen LogP contribution in [-0.2, 0) is 16.1 Å². The van der Waals surface area contributed by atoms with Crippen LogP contribution in [0.4, 0.5) is 4.39 Å². The highest BCUT2D eigenvalue weighted by Crippen LogP contribution is 2.12. The maximum atomic E-state index is 13.5. The zero-order chi connectivity index (χ0) is 15.8. The van der Waals surface area contributed by atoms with E-state index in [1.807, 2.05) is 0 Å². The van der Waals surface area contributed by atoms with Crippen LogP contribution in [0, 0.1) is 5.82 Å². The summed E-state index contributed by atoms with van der Waals surface area (Å²) in [5.74, 6) is -2.24. The molecule has 0 saturated carbocycles. The smallest absolute Gasteiger partial charge is 0.338 e. The maximum Gasteiger partial charge on any atom is 0.338 e. The SMILES string of the molecule is COCCNC(=O)CN(C)Cc1ccc(C(=O)O)c(F)c1. The molecule has 0 aliphatic heterocycles. The predicted octanol–water partition coefficient (Wildman–Crippen LogP) is 0.718. The summed E-state index contributed by atoms with van der Waals surface area (Å²) >= 11 is 0. The van der Waals surface area contributed by atoms with E-state index in [1.54, 1.807) is 19.1 Å². The summed E-state index contributed by atoms with van der Waals surface area (Å²) in [6.45, 7) is 1.38. The summed E-state index contributed by atoms with van der Waals surface area (Å²) in [4.78, 5) is 24.0. The molecule has 0 heterocycles. The van der Waals surface area contributed by atoms with Crippen LogP contribution in [-0.4, -0.2) is 55.7 Å². The number of hydrogen-bond donors (Lipinski definition) is 2. The highest BCUT2D eigenvalue weighted by Gasteiger charge is 2.12. The summed E-state index contributed by atoms with van der Waals surface area (Å²) in [6, 6.07) is 3.92. The van der Waals surface area contributed by atoms with E-state index in [-0.39, 0.29) is 18.0 Å². The second kappa shape index (κ2) is 8.33. The average molecular weight is 298 g/mol. The van der Waals surface area contributed by atoms with Gasteiger partial charge in [0.15, 0.2) is 0 Å². The molecule has 116 valence electrons. The normalized spacial score (nSPS) is 10.7. The molecule has 0 bridgehead atoms. The molecule has 0 spiro atoms. The molecule has 0 radical (unpaired) electrons.